The number of nitrogens with one attached hydrogen (secondary N) is 2. The predicted octanol–water partition coefficient (Wildman–Crippen LogP) is 2.54. The van der Waals surface area contributed by atoms with E-state index in [-0.39, 0.29) is 11.9 Å². The molecule has 1 aliphatic heterocycles. The summed E-state index contributed by atoms with van der Waals surface area (Å²) in [6.45, 7) is 2.57. The number of aromatic nitrogens is 5. The summed E-state index contributed by atoms with van der Waals surface area (Å²) < 4.78 is 0. The summed E-state index contributed by atoms with van der Waals surface area (Å²) in [7, 11) is 0. The molecule has 1 amide bonds. The maximum atomic E-state index is 12.8. The Morgan fingerprint density at radius 2 is 2.30 bits per heavy atom. The van der Waals surface area contributed by atoms with E-state index >= 15 is 0 Å². The van der Waals surface area contributed by atoms with Gasteiger partial charge < -0.3 is 4.90 Å². The molecule has 7 nitrogen and oxygen atoms in total. The highest BCUT2D eigenvalue weighted by Crippen LogP contribution is 2.31. The van der Waals surface area contributed by atoms with Gasteiger partial charge in [0.05, 0.1) is 11.7 Å². The van der Waals surface area contributed by atoms with Crippen LogP contribution in [-0.2, 0) is 0 Å². The number of aromatic amines is 2. The van der Waals surface area contributed by atoms with Gasteiger partial charge in [0.1, 0.15) is 11.5 Å². The van der Waals surface area contributed by atoms with Crippen molar-refractivity contribution >= 4 is 17.2 Å². The van der Waals surface area contributed by atoms with Crippen LogP contribution in [0, 0.1) is 6.92 Å². The van der Waals surface area contributed by atoms with Crippen molar-refractivity contribution in [3.63, 3.8) is 0 Å². The zero-order valence-corrected chi connectivity index (χ0v) is 13.4. The lowest BCUT2D eigenvalue weighted by molar-refractivity contribution is 0.0724. The monoisotopic (exact) mass is 328 g/mol. The highest BCUT2D eigenvalue weighted by atomic mass is 32.1. The molecule has 0 aromatic carbocycles. The zero-order chi connectivity index (χ0) is 15.8. The van der Waals surface area contributed by atoms with E-state index in [2.05, 4.69) is 25.4 Å². The molecule has 1 unspecified atom stereocenters. The van der Waals surface area contributed by atoms with Gasteiger partial charge in [-0.3, -0.25) is 15.0 Å². The number of likely N-dealkylation sites (tertiary alicyclic amines) is 1. The molecule has 4 heterocycles. The lowest BCUT2D eigenvalue weighted by atomic mass is 10.2. The van der Waals surface area contributed by atoms with Crippen LogP contribution in [-0.4, -0.2) is 42.7 Å². The molecule has 1 fully saturated rings. The SMILES string of the molecule is Cc1nc(C2CCCN2C(=O)c2cc(-c3ccsc3)n[nH]2)n[nH]1. The molecule has 23 heavy (non-hydrogen) atoms. The van der Waals surface area contributed by atoms with E-state index in [1.54, 1.807) is 11.3 Å². The van der Waals surface area contributed by atoms with Crippen molar-refractivity contribution < 1.29 is 4.79 Å². The van der Waals surface area contributed by atoms with E-state index in [9.17, 15) is 4.79 Å². The van der Waals surface area contributed by atoms with Gasteiger partial charge in [-0.15, -0.1) is 0 Å². The molecule has 0 saturated carbocycles. The number of carbonyl (C=O) groups is 1. The molecule has 118 valence electrons. The number of hydrogen-bond acceptors (Lipinski definition) is 5. The van der Waals surface area contributed by atoms with Gasteiger partial charge in [-0.2, -0.15) is 21.5 Å². The van der Waals surface area contributed by atoms with Crippen LogP contribution in [0.3, 0.4) is 0 Å². The molecule has 1 aliphatic rings. The van der Waals surface area contributed by atoms with Crippen LogP contribution >= 0.6 is 11.3 Å². The molecule has 2 N–H and O–H groups in total. The van der Waals surface area contributed by atoms with E-state index in [4.69, 9.17) is 0 Å². The van der Waals surface area contributed by atoms with E-state index in [0.29, 0.717) is 18.1 Å². The second-order valence-corrected chi connectivity index (χ2v) is 6.39. The van der Waals surface area contributed by atoms with Crippen LogP contribution in [0.5, 0.6) is 0 Å². The van der Waals surface area contributed by atoms with Gasteiger partial charge in [0.2, 0.25) is 0 Å². The fourth-order valence-corrected chi connectivity index (χ4v) is 3.58. The predicted molar refractivity (Wildman–Crippen MR) is 86.0 cm³/mol. The number of carbonyl (C=O) groups excluding carboxylic acids is 1. The Morgan fingerprint density at radius 1 is 1.39 bits per heavy atom. The van der Waals surface area contributed by atoms with E-state index < -0.39 is 0 Å². The van der Waals surface area contributed by atoms with Crippen LogP contribution in [0.25, 0.3) is 11.3 Å². The molecule has 3 aromatic heterocycles. The van der Waals surface area contributed by atoms with Gasteiger partial charge in [-0.1, -0.05) is 0 Å². The van der Waals surface area contributed by atoms with Gasteiger partial charge >= 0.3 is 0 Å². The first-order valence-corrected chi connectivity index (χ1v) is 8.44. The number of aryl methyl sites for hydroxylation is 1. The fraction of sp³-hybridized carbons (Fsp3) is 0.333. The first-order chi connectivity index (χ1) is 11.2. The van der Waals surface area contributed by atoms with Gasteiger partial charge in [0.25, 0.3) is 5.91 Å². The van der Waals surface area contributed by atoms with Crippen molar-refractivity contribution in [2.45, 2.75) is 25.8 Å². The molecular formula is C15H16N6OS. The minimum absolute atomic E-state index is 0.0519. The van der Waals surface area contributed by atoms with Crippen LogP contribution in [0.4, 0.5) is 0 Å². The topological polar surface area (TPSA) is 90.6 Å². The Morgan fingerprint density at radius 3 is 3.04 bits per heavy atom. The Kier molecular flexibility index (Phi) is 3.45. The number of hydrogen-bond donors (Lipinski definition) is 2. The summed E-state index contributed by atoms with van der Waals surface area (Å²) in [5.74, 6) is 1.40. The highest BCUT2D eigenvalue weighted by Gasteiger charge is 2.33. The Bertz CT molecular complexity index is 821. The van der Waals surface area contributed by atoms with Crippen LogP contribution in [0.15, 0.2) is 22.9 Å². The summed E-state index contributed by atoms with van der Waals surface area (Å²) in [6.07, 6.45) is 1.84. The minimum Gasteiger partial charge on any atom is -0.327 e. The molecular weight excluding hydrogens is 312 g/mol. The first-order valence-electron chi connectivity index (χ1n) is 7.50. The number of H-pyrrole nitrogens is 2. The second kappa shape index (κ2) is 5.62. The maximum absolute atomic E-state index is 12.8. The number of rotatable bonds is 3. The number of amides is 1. The van der Waals surface area contributed by atoms with Crippen molar-refractivity contribution in [3.05, 3.63) is 40.2 Å². The third-order valence-electron chi connectivity index (χ3n) is 4.05. The lowest BCUT2D eigenvalue weighted by Gasteiger charge is -2.21. The third kappa shape index (κ3) is 2.55. The molecule has 0 spiro atoms. The largest absolute Gasteiger partial charge is 0.327 e. The Hall–Kier alpha value is -2.48. The smallest absolute Gasteiger partial charge is 0.272 e. The Labute approximate surface area is 136 Å². The van der Waals surface area contributed by atoms with Gasteiger partial charge in [-0.05, 0) is 37.3 Å². The maximum Gasteiger partial charge on any atom is 0.272 e. The summed E-state index contributed by atoms with van der Waals surface area (Å²) in [5, 5.41) is 18.2. The molecule has 1 saturated heterocycles. The Balaban J connectivity index is 1.58. The van der Waals surface area contributed by atoms with Crippen LogP contribution < -0.4 is 0 Å². The van der Waals surface area contributed by atoms with Crippen molar-refractivity contribution in [2.75, 3.05) is 6.54 Å². The average molecular weight is 328 g/mol. The molecule has 0 aliphatic carbocycles. The highest BCUT2D eigenvalue weighted by molar-refractivity contribution is 7.08. The normalized spacial score (nSPS) is 17.8. The third-order valence-corrected chi connectivity index (χ3v) is 4.73. The fourth-order valence-electron chi connectivity index (χ4n) is 2.93. The standard InChI is InChI=1S/C15H16N6OS/c1-9-16-14(20-17-9)13-3-2-5-21(13)15(22)12-7-11(18-19-12)10-4-6-23-8-10/h4,6-8,13H,2-3,5H2,1H3,(H,18,19)(H,16,17,20). The quantitative estimate of drug-likeness (QED) is 0.773. The summed E-state index contributed by atoms with van der Waals surface area (Å²) >= 11 is 1.61. The van der Waals surface area contributed by atoms with Gasteiger partial charge in [0.15, 0.2) is 5.82 Å². The van der Waals surface area contributed by atoms with Crippen LogP contribution in [0.2, 0.25) is 0 Å². The number of thiophene rings is 1. The lowest BCUT2D eigenvalue weighted by Crippen LogP contribution is -2.31. The van der Waals surface area contributed by atoms with Gasteiger partial charge in [-0.25, -0.2) is 4.98 Å². The van der Waals surface area contributed by atoms with Crippen molar-refractivity contribution in [2.24, 2.45) is 0 Å². The van der Waals surface area contributed by atoms with Crippen molar-refractivity contribution in [1.82, 2.24) is 30.3 Å². The summed E-state index contributed by atoms with van der Waals surface area (Å²) in [4.78, 5) is 19.0. The first kappa shape index (κ1) is 14.1. The summed E-state index contributed by atoms with van der Waals surface area (Å²) in [6, 6.07) is 3.73. The molecule has 3 aromatic rings. The van der Waals surface area contributed by atoms with Crippen molar-refractivity contribution in [3.8, 4) is 11.3 Å². The molecule has 1 atom stereocenters. The minimum atomic E-state index is -0.0691. The molecule has 0 radical (unpaired) electrons. The number of nitrogens with zero attached hydrogens (tertiary/aromatic N) is 4. The second-order valence-electron chi connectivity index (χ2n) is 5.61. The molecule has 4 rings (SSSR count). The van der Waals surface area contributed by atoms with Gasteiger partial charge in [0, 0.05) is 17.5 Å². The average Bonchev–Trinajstić information content (AvgIpc) is 3.31. The van der Waals surface area contributed by atoms with E-state index in [0.717, 1.165) is 29.9 Å². The van der Waals surface area contributed by atoms with Crippen LogP contribution in [0.1, 0.15) is 41.0 Å². The zero-order valence-electron chi connectivity index (χ0n) is 12.6. The summed E-state index contributed by atoms with van der Waals surface area (Å²) in [5.41, 5.74) is 2.32. The van der Waals surface area contributed by atoms with Crippen molar-refractivity contribution in [1.29, 1.82) is 0 Å². The molecule has 8 heteroatoms. The van der Waals surface area contributed by atoms with E-state index in [1.807, 2.05) is 34.7 Å². The molecule has 0 bridgehead atoms. The van der Waals surface area contributed by atoms with E-state index in [1.165, 1.54) is 0 Å².